The Bertz CT molecular complexity index is 227. The zero-order valence-electron chi connectivity index (χ0n) is 13.7. The van der Waals surface area contributed by atoms with Crippen LogP contribution in [0.15, 0.2) is 0 Å². The van der Waals surface area contributed by atoms with E-state index in [0.717, 1.165) is 18.8 Å². The third-order valence-electron chi connectivity index (χ3n) is 4.43. The van der Waals surface area contributed by atoms with Crippen LogP contribution in [0.2, 0.25) is 0 Å². The molecule has 1 fully saturated rings. The predicted molar refractivity (Wildman–Crippen MR) is 85.0 cm³/mol. The van der Waals surface area contributed by atoms with E-state index in [0.29, 0.717) is 25.3 Å². The van der Waals surface area contributed by atoms with Crippen LogP contribution in [0.4, 0.5) is 0 Å². The molecule has 2 unspecified atom stereocenters. The zero-order valence-corrected chi connectivity index (χ0v) is 13.7. The van der Waals surface area contributed by atoms with Gasteiger partial charge in [0, 0.05) is 12.6 Å². The van der Waals surface area contributed by atoms with E-state index in [2.05, 4.69) is 26.1 Å². The van der Waals surface area contributed by atoms with Gasteiger partial charge in [-0.15, -0.1) is 0 Å². The Balaban J connectivity index is 2.00. The fraction of sp³-hybridized carbons (Fsp3) is 1.00. The maximum Gasteiger partial charge on any atom is 0.0897 e. The SMILES string of the molecule is CCCCCC(C)NCC(O)COC1CCC(C)CC1. The number of ether oxygens (including phenoxy) is 1. The minimum atomic E-state index is -0.372. The lowest BCUT2D eigenvalue weighted by atomic mass is 9.89. The number of rotatable bonds is 10. The first kappa shape index (κ1) is 17.9. The summed E-state index contributed by atoms with van der Waals surface area (Å²) in [5.41, 5.74) is 0. The van der Waals surface area contributed by atoms with Crippen molar-refractivity contribution >= 4 is 0 Å². The highest BCUT2D eigenvalue weighted by Crippen LogP contribution is 2.25. The first-order valence-corrected chi connectivity index (χ1v) is 8.64. The molecule has 120 valence electrons. The van der Waals surface area contributed by atoms with Crippen molar-refractivity contribution in [3.05, 3.63) is 0 Å². The van der Waals surface area contributed by atoms with Crippen LogP contribution in [0.3, 0.4) is 0 Å². The van der Waals surface area contributed by atoms with Gasteiger partial charge in [0.1, 0.15) is 0 Å². The third-order valence-corrected chi connectivity index (χ3v) is 4.43. The van der Waals surface area contributed by atoms with Crippen LogP contribution in [-0.4, -0.2) is 36.5 Å². The molecule has 0 aromatic rings. The fourth-order valence-electron chi connectivity index (χ4n) is 2.84. The quantitative estimate of drug-likeness (QED) is 0.604. The first-order valence-electron chi connectivity index (χ1n) is 8.64. The second kappa shape index (κ2) is 10.6. The topological polar surface area (TPSA) is 41.5 Å². The average molecular weight is 285 g/mol. The van der Waals surface area contributed by atoms with Gasteiger partial charge >= 0.3 is 0 Å². The Morgan fingerprint density at radius 2 is 1.90 bits per heavy atom. The smallest absolute Gasteiger partial charge is 0.0897 e. The van der Waals surface area contributed by atoms with Crippen LogP contribution in [-0.2, 0) is 4.74 Å². The standard InChI is InChI=1S/C17H35NO2/c1-4-5-6-7-15(3)18-12-16(19)13-20-17-10-8-14(2)9-11-17/h14-19H,4-13H2,1-3H3. The number of aliphatic hydroxyl groups is 1. The van der Waals surface area contributed by atoms with Gasteiger partial charge in [-0.2, -0.15) is 0 Å². The summed E-state index contributed by atoms with van der Waals surface area (Å²) in [7, 11) is 0. The minimum absolute atomic E-state index is 0.372. The number of hydrogen-bond acceptors (Lipinski definition) is 3. The molecule has 0 aromatic carbocycles. The summed E-state index contributed by atoms with van der Waals surface area (Å²) in [5, 5.41) is 13.4. The van der Waals surface area contributed by atoms with E-state index in [9.17, 15) is 5.11 Å². The maximum absolute atomic E-state index is 9.96. The van der Waals surface area contributed by atoms with Gasteiger partial charge in [0.15, 0.2) is 0 Å². The van der Waals surface area contributed by atoms with Gasteiger partial charge in [0.05, 0.1) is 18.8 Å². The van der Waals surface area contributed by atoms with Gasteiger partial charge in [0.2, 0.25) is 0 Å². The van der Waals surface area contributed by atoms with E-state index in [1.807, 2.05) is 0 Å². The highest BCUT2D eigenvalue weighted by Gasteiger charge is 2.19. The van der Waals surface area contributed by atoms with Crippen molar-refractivity contribution in [2.75, 3.05) is 13.2 Å². The Labute approximate surface area is 125 Å². The molecule has 0 amide bonds. The van der Waals surface area contributed by atoms with Crippen LogP contribution >= 0.6 is 0 Å². The Morgan fingerprint density at radius 1 is 1.20 bits per heavy atom. The maximum atomic E-state index is 9.96. The van der Waals surface area contributed by atoms with E-state index in [1.165, 1.54) is 38.5 Å². The van der Waals surface area contributed by atoms with Gasteiger partial charge < -0.3 is 15.2 Å². The molecule has 0 saturated heterocycles. The lowest BCUT2D eigenvalue weighted by molar-refractivity contribution is -0.0283. The number of unbranched alkanes of at least 4 members (excludes halogenated alkanes) is 2. The summed E-state index contributed by atoms with van der Waals surface area (Å²) in [5.74, 6) is 0.852. The lowest BCUT2D eigenvalue weighted by Gasteiger charge is -2.27. The highest BCUT2D eigenvalue weighted by atomic mass is 16.5. The summed E-state index contributed by atoms with van der Waals surface area (Å²) in [6, 6.07) is 0.492. The lowest BCUT2D eigenvalue weighted by Crippen LogP contribution is -2.37. The molecule has 20 heavy (non-hydrogen) atoms. The molecule has 1 rings (SSSR count). The molecular formula is C17H35NO2. The van der Waals surface area contributed by atoms with E-state index in [1.54, 1.807) is 0 Å². The first-order chi connectivity index (χ1) is 9.61. The molecule has 3 nitrogen and oxygen atoms in total. The molecule has 1 saturated carbocycles. The second-order valence-corrected chi connectivity index (χ2v) is 6.67. The van der Waals surface area contributed by atoms with Crippen molar-refractivity contribution in [3.8, 4) is 0 Å². The Kier molecular flexibility index (Phi) is 9.49. The number of aliphatic hydroxyl groups excluding tert-OH is 1. The summed E-state index contributed by atoms with van der Waals surface area (Å²) in [6.07, 6.45) is 9.91. The molecule has 1 aliphatic carbocycles. The molecule has 0 bridgehead atoms. The van der Waals surface area contributed by atoms with Crippen LogP contribution in [0.1, 0.15) is 72.1 Å². The van der Waals surface area contributed by atoms with E-state index in [4.69, 9.17) is 4.74 Å². The number of hydrogen-bond donors (Lipinski definition) is 2. The van der Waals surface area contributed by atoms with Gasteiger partial charge in [-0.1, -0.05) is 33.1 Å². The molecule has 2 atom stereocenters. The van der Waals surface area contributed by atoms with Crippen molar-refractivity contribution in [2.45, 2.75) is 90.4 Å². The van der Waals surface area contributed by atoms with Crippen molar-refractivity contribution in [3.63, 3.8) is 0 Å². The second-order valence-electron chi connectivity index (χ2n) is 6.67. The predicted octanol–water partition coefficient (Wildman–Crippen LogP) is 3.50. The van der Waals surface area contributed by atoms with Crippen molar-refractivity contribution in [2.24, 2.45) is 5.92 Å². The molecule has 0 heterocycles. The Morgan fingerprint density at radius 3 is 2.55 bits per heavy atom. The molecule has 0 aromatic heterocycles. The Hall–Kier alpha value is -0.120. The van der Waals surface area contributed by atoms with Crippen molar-refractivity contribution in [1.82, 2.24) is 5.32 Å². The molecule has 2 N–H and O–H groups in total. The van der Waals surface area contributed by atoms with Crippen molar-refractivity contribution < 1.29 is 9.84 Å². The van der Waals surface area contributed by atoms with Crippen LogP contribution < -0.4 is 5.32 Å². The average Bonchev–Trinajstić information content (AvgIpc) is 2.45. The van der Waals surface area contributed by atoms with Crippen molar-refractivity contribution in [1.29, 1.82) is 0 Å². The normalized spacial score (nSPS) is 26.4. The summed E-state index contributed by atoms with van der Waals surface area (Å²) >= 11 is 0. The summed E-state index contributed by atoms with van der Waals surface area (Å²) in [4.78, 5) is 0. The van der Waals surface area contributed by atoms with Crippen LogP contribution in [0, 0.1) is 5.92 Å². The minimum Gasteiger partial charge on any atom is -0.389 e. The molecule has 3 heteroatoms. The zero-order chi connectivity index (χ0) is 14.8. The summed E-state index contributed by atoms with van der Waals surface area (Å²) in [6.45, 7) is 7.87. The van der Waals surface area contributed by atoms with E-state index < -0.39 is 0 Å². The summed E-state index contributed by atoms with van der Waals surface area (Å²) < 4.78 is 5.83. The van der Waals surface area contributed by atoms with Gasteiger partial charge in [0.25, 0.3) is 0 Å². The monoisotopic (exact) mass is 285 g/mol. The third kappa shape index (κ3) is 8.23. The van der Waals surface area contributed by atoms with E-state index in [-0.39, 0.29) is 6.10 Å². The fourth-order valence-corrected chi connectivity index (χ4v) is 2.84. The molecule has 0 radical (unpaired) electrons. The largest absolute Gasteiger partial charge is 0.389 e. The highest BCUT2D eigenvalue weighted by molar-refractivity contribution is 4.71. The molecule has 0 spiro atoms. The van der Waals surface area contributed by atoms with Gasteiger partial charge in [-0.3, -0.25) is 0 Å². The van der Waals surface area contributed by atoms with Crippen LogP contribution in [0.5, 0.6) is 0 Å². The van der Waals surface area contributed by atoms with Gasteiger partial charge in [-0.05, 0) is 44.9 Å². The molecule has 0 aliphatic heterocycles. The molecule has 1 aliphatic rings. The molecular weight excluding hydrogens is 250 g/mol. The van der Waals surface area contributed by atoms with Gasteiger partial charge in [-0.25, -0.2) is 0 Å². The number of nitrogens with one attached hydrogen (secondary N) is 1. The van der Waals surface area contributed by atoms with E-state index >= 15 is 0 Å². The van der Waals surface area contributed by atoms with Crippen LogP contribution in [0.25, 0.3) is 0 Å².